The molecule has 0 bridgehead atoms. The summed E-state index contributed by atoms with van der Waals surface area (Å²) in [6.45, 7) is 4.60. The van der Waals surface area contributed by atoms with Gasteiger partial charge in [-0.15, -0.1) is 0 Å². The maximum atomic E-state index is 11.4. The smallest absolute Gasteiger partial charge is 0.315 e. The highest BCUT2D eigenvalue weighted by atomic mass is 16.2. The molecule has 1 aromatic carbocycles. The molecule has 0 spiro atoms. The molecule has 2 amide bonds. The molecule has 0 saturated carbocycles. The zero-order valence-electron chi connectivity index (χ0n) is 9.29. The molecule has 0 unspecified atom stereocenters. The van der Waals surface area contributed by atoms with Crippen LogP contribution in [0.1, 0.15) is 25.8 Å². The van der Waals surface area contributed by atoms with Gasteiger partial charge in [-0.05, 0) is 18.9 Å². The molecule has 3 nitrogen and oxygen atoms in total. The highest BCUT2D eigenvalue weighted by Crippen LogP contribution is 1.97. The molecule has 0 aromatic heterocycles. The lowest BCUT2D eigenvalue weighted by atomic mass is 10.2. The Bertz CT molecular complexity index is 298. The Labute approximate surface area is 90.9 Å². The summed E-state index contributed by atoms with van der Waals surface area (Å²) in [6, 6.07) is 9.98. The normalized spacial score (nSPS) is 11.9. The van der Waals surface area contributed by atoms with Gasteiger partial charge in [0, 0.05) is 12.6 Å². The first-order chi connectivity index (χ1) is 7.22. The zero-order valence-corrected chi connectivity index (χ0v) is 9.29. The fraction of sp³-hybridized carbons (Fsp3) is 0.417. The number of carbonyl (C=O) groups is 1. The van der Waals surface area contributed by atoms with Gasteiger partial charge in [-0.3, -0.25) is 0 Å². The molecule has 1 aromatic rings. The molecule has 2 N–H and O–H groups in total. The molecule has 1 atom stereocenters. The Morgan fingerprint density at radius 2 is 2.00 bits per heavy atom. The summed E-state index contributed by atoms with van der Waals surface area (Å²) in [7, 11) is 0. The first-order valence-electron chi connectivity index (χ1n) is 5.30. The summed E-state index contributed by atoms with van der Waals surface area (Å²) in [5.74, 6) is 0. The largest absolute Gasteiger partial charge is 0.336 e. The van der Waals surface area contributed by atoms with E-state index in [4.69, 9.17) is 0 Å². The van der Waals surface area contributed by atoms with Crippen LogP contribution in [0.4, 0.5) is 4.79 Å². The topological polar surface area (TPSA) is 41.1 Å². The number of urea groups is 1. The Kier molecular flexibility index (Phi) is 4.68. The summed E-state index contributed by atoms with van der Waals surface area (Å²) in [4.78, 5) is 11.4. The summed E-state index contributed by atoms with van der Waals surface area (Å²) in [5, 5.41) is 5.66. The van der Waals surface area contributed by atoms with Crippen molar-refractivity contribution in [1.29, 1.82) is 0 Å². The summed E-state index contributed by atoms with van der Waals surface area (Å²) in [6.07, 6.45) is 0.943. The van der Waals surface area contributed by atoms with E-state index in [1.54, 1.807) is 0 Å². The van der Waals surface area contributed by atoms with Gasteiger partial charge in [-0.25, -0.2) is 4.79 Å². The van der Waals surface area contributed by atoms with Crippen LogP contribution in [0.3, 0.4) is 0 Å². The number of hydrogen-bond acceptors (Lipinski definition) is 1. The SMILES string of the molecule is CC[C@@H](C)NC(=O)NCc1ccccc1. The summed E-state index contributed by atoms with van der Waals surface area (Å²) < 4.78 is 0. The number of benzene rings is 1. The minimum atomic E-state index is -0.104. The van der Waals surface area contributed by atoms with Gasteiger partial charge < -0.3 is 10.6 Å². The van der Waals surface area contributed by atoms with Gasteiger partial charge in [0.25, 0.3) is 0 Å². The molecule has 15 heavy (non-hydrogen) atoms. The van der Waals surface area contributed by atoms with Gasteiger partial charge in [0.1, 0.15) is 0 Å². The molecule has 0 radical (unpaired) electrons. The molecule has 82 valence electrons. The summed E-state index contributed by atoms with van der Waals surface area (Å²) >= 11 is 0. The van der Waals surface area contributed by atoms with Crippen molar-refractivity contribution in [3.8, 4) is 0 Å². The number of hydrogen-bond donors (Lipinski definition) is 2. The first-order valence-corrected chi connectivity index (χ1v) is 5.30. The fourth-order valence-electron chi connectivity index (χ4n) is 1.16. The third-order valence-electron chi connectivity index (χ3n) is 2.29. The van der Waals surface area contributed by atoms with E-state index >= 15 is 0 Å². The van der Waals surface area contributed by atoms with Crippen LogP contribution in [0.2, 0.25) is 0 Å². The van der Waals surface area contributed by atoms with Gasteiger partial charge in [-0.2, -0.15) is 0 Å². The molecule has 0 aliphatic carbocycles. The molecule has 1 rings (SSSR count). The van der Waals surface area contributed by atoms with E-state index in [1.165, 1.54) is 0 Å². The van der Waals surface area contributed by atoms with Crippen LogP contribution >= 0.6 is 0 Å². The van der Waals surface area contributed by atoms with E-state index in [0.29, 0.717) is 6.54 Å². The Balaban J connectivity index is 2.29. The second kappa shape index (κ2) is 6.06. The van der Waals surface area contributed by atoms with Gasteiger partial charge in [0.15, 0.2) is 0 Å². The van der Waals surface area contributed by atoms with E-state index < -0.39 is 0 Å². The van der Waals surface area contributed by atoms with Gasteiger partial charge in [0.2, 0.25) is 0 Å². The van der Waals surface area contributed by atoms with E-state index in [-0.39, 0.29) is 12.1 Å². The molecule has 0 saturated heterocycles. The van der Waals surface area contributed by atoms with Crippen molar-refractivity contribution in [2.45, 2.75) is 32.9 Å². The standard InChI is InChI=1S/C12H18N2O/c1-3-10(2)14-12(15)13-9-11-7-5-4-6-8-11/h4-8,10H,3,9H2,1-2H3,(H2,13,14,15)/t10-/m1/s1. The van der Waals surface area contributed by atoms with Crippen molar-refractivity contribution in [1.82, 2.24) is 10.6 Å². The van der Waals surface area contributed by atoms with Crippen LogP contribution in [0.25, 0.3) is 0 Å². The van der Waals surface area contributed by atoms with Crippen molar-refractivity contribution in [2.24, 2.45) is 0 Å². The predicted molar refractivity (Wildman–Crippen MR) is 61.6 cm³/mol. The van der Waals surface area contributed by atoms with E-state index in [9.17, 15) is 4.79 Å². The van der Waals surface area contributed by atoms with Crippen molar-refractivity contribution in [2.75, 3.05) is 0 Å². The molecule has 3 heteroatoms. The lowest BCUT2D eigenvalue weighted by Gasteiger charge is -2.12. The average molecular weight is 206 g/mol. The van der Waals surface area contributed by atoms with Crippen molar-refractivity contribution in [3.05, 3.63) is 35.9 Å². The molecule has 0 heterocycles. The Hall–Kier alpha value is -1.51. The molecule has 0 aliphatic rings. The van der Waals surface area contributed by atoms with Crippen LogP contribution < -0.4 is 10.6 Å². The Morgan fingerprint density at radius 3 is 2.60 bits per heavy atom. The third-order valence-corrected chi connectivity index (χ3v) is 2.29. The highest BCUT2D eigenvalue weighted by Gasteiger charge is 2.03. The lowest BCUT2D eigenvalue weighted by Crippen LogP contribution is -2.40. The van der Waals surface area contributed by atoms with Gasteiger partial charge >= 0.3 is 6.03 Å². The van der Waals surface area contributed by atoms with Crippen molar-refractivity contribution in [3.63, 3.8) is 0 Å². The van der Waals surface area contributed by atoms with Crippen LogP contribution in [0.15, 0.2) is 30.3 Å². The summed E-state index contributed by atoms with van der Waals surface area (Å²) in [5.41, 5.74) is 1.11. The highest BCUT2D eigenvalue weighted by molar-refractivity contribution is 5.74. The van der Waals surface area contributed by atoms with Crippen LogP contribution in [0, 0.1) is 0 Å². The van der Waals surface area contributed by atoms with E-state index in [0.717, 1.165) is 12.0 Å². The molecule has 0 fully saturated rings. The molecule has 0 aliphatic heterocycles. The van der Waals surface area contributed by atoms with Crippen LogP contribution in [-0.2, 0) is 6.54 Å². The predicted octanol–water partition coefficient (Wildman–Crippen LogP) is 2.28. The van der Waals surface area contributed by atoms with Crippen molar-refractivity contribution < 1.29 is 4.79 Å². The number of rotatable bonds is 4. The van der Waals surface area contributed by atoms with Crippen molar-refractivity contribution >= 4 is 6.03 Å². The van der Waals surface area contributed by atoms with E-state index in [2.05, 4.69) is 10.6 Å². The van der Waals surface area contributed by atoms with Gasteiger partial charge in [0.05, 0.1) is 0 Å². The minimum Gasteiger partial charge on any atom is -0.336 e. The quantitative estimate of drug-likeness (QED) is 0.779. The van der Waals surface area contributed by atoms with E-state index in [1.807, 2.05) is 44.2 Å². The Morgan fingerprint density at radius 1 is 1.33 bits per heavy atom. The molecular formula is C12H18N2O. The number of nitrogens with one attached hydrogen (secondary N) is 2. The maximum Gasteiger partial charge on any atom is 0.315 e. The van der Waals surface area contributed by atoms with Crippen LogP contribution in [0.5, 0.6) is 0 Å². The number of amides is 2. The maximum absolute atomic E-state index is 11.4. The monoisotopic (exact) mass is 206 g/mol. The zero-order chi connectivity index (χ0) is 11.1. The third kappa shape index (κ3) is 4.49. The minimum absolute atomic E-state index is 0.104. The second-order valence-corrected chi connectivity index (χ2v) is 3.62. The first kappa shape index (κ1) is 11.6. The lowest BCUT2D eigenvalue weighted by molar-refractivity contribution is 0.237. The average Bonchev–Trinajstić information content (AvgIpc) is 2.27. The fourth-order valence-corrected chi connectivity index (χ4v) is 1.16. The number of carbonyl (C=O) groups excluding carboxylic acids is 1. The van der Waals surface area contributed by atoms with Crippen LogP contribution in [-0.4, -0.2) is 12.1 Å². The molecular weight excluding hydrogens is 188 g/mol. The van der Waals surface area contributed by atoms with Gasteiger partial charge in [-0.1, -0.05) is 37.3 Å². The second-order valence-electron chi connectivity index (χ2n) is 3.62.